The second-order valence-electron chi connectivity index (χ2n) is 5.64. The molecule has 0 bridgehead atoms. The summed E-state index contributed by atoms with van der Waals surface area (Å²) in [6.45, 7) is 1.89. The fraction of sp³-hybridized carbons (Fsp3) is 0.105. The van der Waals surface area contributed by atoms with Gasteiger partial charge in [-0.15, -0.1) is 5.10 Å². The monoisotopic (exact) mass is 351 g/mol. The molecule has 0 atom stereocenters. The predicted octanol–water partition coefficient (Wildman–Crippen LogP) is 3.63. The number of carbonyl (C=O) groups is 2. The van der Waals surface area contributed by atoms with Gasteiger partial charge in [0.1, 0.15) is 6.61 Å². The first-order valence-corrected chi connectivity index (χ1v) is 7.90. The fourth-order valence-corrected chi connectivity index (χ4v) is 2.43. The van der Waals surface area contributed by atoms with Gasteiger partial charge in [-0.05, 0) is 36.2 Å². The van der Waals surface area contributed by atoms with Crippen LogP contribution >= 0.6 is 0 Å². The first-order valence-electron chi connectivity index (χ1n) is 7.90. The van der Waals surface area contributed by atoms with E-state index in [2.05, 4.69) is 10.4 Å². The molecule has 0 aliphatic heterocycles. The summed E-state index contributed by atoms with van der Waals surface area (Å²) >= 11 is 0. The average molecular weight is 351 g/mol. The second-order valence-corrected chi connectivity index (χ2v) is 5.64. The molecule has 2 aromatic carbocycles. The van der Waals surface area contributed by atoms with Crippen molar-refractivity contribution < 1.29 is 19.4 Å². The van der Waals surface area contributed by atoms with Crippen molar-refractivity contribution in [2.24, 2.45) is 0 Å². The Morgan fingerprint density at radius 1 is 1.15 bits per heavy atom. The molecule has 0 radical (unpaired) electrons. The molecular formula is C19H17N3O4. The van der Waals surface area contributed by atoms with Crippen LogP contribution in [-0.4, -0.2) is 26.9 Å². The molecule has 0 aliphatic rings. The number of carboxylic acid groups (broad SMARTS) is 1. The molecule has 1 aromatic heterocycles. The maximum Gasteiger partial charge on any atom is 0.413 e. The van der Waals surface area contributed by atoms with Gasteiger partial charge in [0.15, 0.2) is 5.82 Å². The van der Waals surface area contributed by atoms with Crippen LogP contribution in [0.5, 0.6) is 0 Å². The van der Waals surface area contributed by atoms with Crippen molar-refractivity contribution in [3.05, 3.63) is 77.5 Å². The van der Waals surface area contributed by atoms with Crippen LogP contribution in [0.3, 0.4) is 0 Å². The van der Waals surface area contributed by atoms with E-state index in [1.807, 2.05) is 30.3 Å². The Morgan fingerprint density at radius 2 is 1.92 bits per heavy atom. The lowest BCUT2D eigenvalue weighted by Crippen LogP contribution is -2.14. The number of aryl methyl sites for hydroxylation is 1. The van der Waals surface area contributed by atoms with Gasteiger partial charge < -0.3 is 9.84 Å². The van der Waals surface area contributed by atoms with Crippen LogP contribution in [0.15, 0.2) is 60.8 Å². The molecular weight excluding hydrogens is 334 g/mol. The molecule has 3 aromatic rings. The minimum atomic E-state index is -0.974. The van der Waals surface area contributed by atoms with Gasteiger partial charge in [-0.3, -0.25) is 5.32 Å². The predicted molar refractivity (Wildman–Crippen MR) is 95.5 cm³/mol. The third-order valence-electron chi connectivity index (χ3n) is 3.74. The fourth-order valence-electron chi connectivity index (χ4n) is 2.43. The molecule has 2 N–H and O–H groups in total. The van der Waals surface area contributed by atoms with Gasteiger partial charge in [0.2, 0.25) is 0 Å². The highest BCUT2D eigenvalue weighted by Crippen LogP contribution is 2.16. The van der Waals surface area contributed by atoms with E-state index in [9.17, 15) is 9.59 Å². The highest BCUT2D eigenvalue weighted by molar-refractivity contribution is 5.89. The number of hydrogen-bond donors (Lipinski definition) is 2. The minimum absolute atomic E-state index is 0.170. The molecule has 3 rings (SSSR count). The highest BCUT2D eigenvalue weighted by atomic mass is 16.5. The molecule has 0 unspecified atom stereocenters. The number of carboxylic acids is 1. The van der Waals surface area contributed by atoms with E-state index in [4.69, 9.17) is 9.84 Å². The largest absolute Gasteiger partial charge is 0.478 e. The van der Waals surface area contributed by atoms with Gasteiger partial charge in [-0.2, -0.15) is 0 Å². The van der Waals surface area contributed by atoms with Crippen molar-refractivity contribution in [3.8, 4) is 5.69 Å². The van der Waals surface area contributed by atoms with Crippen LogP contribution in [0.2, 0.25) is 0 Å². The molecule has 0 aliphatic carbocycles. The Kier molecular flexibility index (Phi) is 4.98. The number of nitrogens with one attached hydrogen (secondary N) is 1. The number of nitrogens with zero attached hydrogens (tertiary/aromatic N) is 2. The van der Waals surface area contributed by atoms with Crippen molar-refractivity contribution in [1.29, 1.82) is 0 Å². The smallest absolute Gasteiger partial charge is 0.413 e. The van der Waals surface area contributed by atoms with E-state index in [1.165, 1.54) is 6.07 Å². The van der Waals surface area contributed by atoms with Crippen molar-refractivity contribution in [2.75, 3.05) is 5.32 Å². The van der Waals surface area contributed by atoms with E-state index < -0.39 is 12.1 Å². The van der Waals surface area contributed by atoms with Gasteiger partial charge >= 0.3 is 12.1 Å². The topological polar surface area (TPSA) is 93.5 Å². The van der Waals surface area contributed by atoms with E-state index in [1.54, 1.807) is 36.0 Å². The van der Waals surface area contributed by atoms with Gasteiger partial charge in [-0.1, -0.05) is 30.3 Å². The summed E-state index contributed by atoms with van der Waals surface area (Å²) in [6, 6.07) is 15.9. The number of benzene rings is 2. The summed E-state index contributed by atoms with van der Waals surface area (Å²) in [7, 11) is 0. The van der Waals surface area contributed by atoms with E-state index >= 15 is 0 Å². The summed E-state index contributed by atoms with van der Waals surface area (Å²) in [4.78, 5) is 22.9. The Labute approximate surface area is 149 Å². The molecule has 0 saturated heterocycles. The number of anilines is 1. The number of amides is 1. The molecule has 0 spiro atoms. The normalized spacial score (nSPS) is 10.3. The maximum absolute atomic E-state index is 11.9. The molecule has 7 nitrogen and oxygen atoms in total. The Bertz CT molecular complexity index is 935. The minimum Gasteiger partial charge on any atom is -0.478 e. The highest BCUT2D eigenvalue weighted by Gasteiger charge is 2.10. The number of aromatic nitrogens is 2. The van der Waals surface area contributed by atoms with E-state index in [0.717, 1.165) is 5.56 Å². The van der Waals surface area contributed by atoms with Crippen LogP contribution in [0.25, 0.3) is 5.69 Å². The third-order valence-corrected chi connectivity index (χ3v) is 3.74. The molecule has 26 heavy (non-hydrogen) atoms. The first kappa shape index (κ1) is 17.2. The summed E-state index contributed by atoms with van der Waals surface area (Å²) in [5.41, 5.74) is 2.45. The van der Waals surface area contributed by atoms with Gasteiger partial charge in [-0.25, -0.2) is 14.3 Å². The summed E-state index contributed by atoms with van der Waals surface area (Å²) in [5.74, 6) is -0.638. The number of ether oxygens (including phenoxy) is 1. The van der Waals surface area contributed by atoms with Crippen LogP contribution < -0.4 is 5.32 Å². The Balaban J connectivity index is 1.63. The number of aromatic carboxylic acids is 1. The number of hydrogen-bond acceptors (Lipinski definition) is 4. The quantitative estimate of drug-likeness (QED) is 0.732. The second kappa shape index (κ2) is 7.52. The molecule has 1 heterocycles. The van der Waals surface area contributed by atoms with Crippen LogP contribution in [0, 0.1) is 6.92 Å². The average Bonchev–Trinajstić information content (AvgIpc) is 3.09. The molecule has 0 saturated carbocycles. The summed E-state index contributed by atoms with van der Waals surface area (Å²) in [6.07, 6.45) is 1.07. The van der Waals surface area contributed by atoms with Crippen LogP contribution in [0.1, 0.15) is 21.5 Å². The molecule has 1 amide bonds. The van der Waals surface area contributed by atoms with Crippen LogP contribution in [0.4, 0.5) is 10.6 Å². The maximum atomic E-state index is 11.9. The summed E-state index contributed by atoms with van der Waals surface area (Å²) in [5, 5.41) is 15.9. The lowest BCUT2D eigenvalue weighted by molar-refractivity contribution is 0.0696. The number of rotatable bonds is 5. The Morgan fingerprint density at radius 3 is 2.62 bits per heavy atom. The zero-order chi connectivity index (χ0) is 18.5. The zero-order valence-electron chi connectivity index (χ0n) is 14.0. The Hall–Kier alpha value is -3.61. The molecule has 0 fully saturated rings. The molecule has 132 valence electrons. The van der Waals surface area contributed by atoms with E-state index in [0.29, 0.717) is 17.1 Å². The third kappa shape index (κ3) is 4.07. The standard InChI is InChI=1S/C19H17N3O4/c1-13-11-15(7-8-16(13)18(23)24)22-10-9-17(21-22)20-19(25)26-12-14-5-3-2-4-6-14/h2-11H,12H2,1H3,(H,23,24)(H,20,21,25). The van der Waals surface area contributed by atoms with Crippen molar-refractivity contribution >= 4 is 17.9 Å². The van der Waals surface area contributed by atoms with Gasteiger partial charge in [0, 0.05) is 12.3 Å². The summed E-state index contributed by atoms with van der Waals surface area (Å²) < 4.78 is 6.69. The first-order chi connectivity index (χ1) is 12.5. The van der Waals surface area contributed by atoms with Gasteiger partial charge in [0.25, 0.3) is 0 Å². The lowest BCUT2D eigenvalue weighted by Gasteiger charge is -2.06. The van der Waals surface area contributed by atoms with E-state index in [-0.39, 0.29) is 12.2 Å². The van der Waals surface area contributed by atoms with Crippen LogP contribution in [-0.2, 0) is 11.3 Å². The molecule has 7 heteroatoms. The lowest BCUT2D eigenvalue weighted by atomic mass is 10.1. The van der Waals surface area contributed by atoms with Gasteiger partial charge in [0.05, 0.1) is 11.3 Å². The van der Waals surface area contributed by atoms with Crippen molar-refractivity contribution in [1.82, 2.24) is 9.78 Å². The zero-order valence-corrected chi connectivity index (χ0v) is 14.0. The van der Waals surface area contributed by atoms with Crippen molar-refractivity contribution in [3.63, 3.8) is 0 Å². The van der Waals surface area contributed by atoms with Crippen molar-refractivity contribution in [2.45, 2.75) is 13.5 Å². The SMILES string of the molecule is Cc1cc(-n2ccc(NC(=O)OCc3ccccc3)n2)ccc1C(=O)O. The number of carbonyl (C=O) groups excluding carboxylic acids is 1.